The van der Waals surface area contributed by atoms with Gasteiger partial charge in [0.05, 0.1) is 23.2 Å². The maximum atomic E-state index is 12.8. The van der Waals surface area contributed by atoms with Crippen molar-refractivity contribution >= 4 is 5.91 Å². The van der Waals surface area contributed by atoms with E-state index in [9.17, 15) is 9.90 Å². The standard InChI is InChI=1S/C17H22N2O2/c1-12-7-8-19(11-15(12)20)16(21)17(2,3)14-6-4-5-13(9-14)10-18/h4-6,9,12,15,20H,7-8,11H2,1-3H3. The Labute approximate surface area is 126 Å². The Morgan fingerprint density at radius 1 is 1.48 bits per heavy atom. The third-order valence-corrected chi connectivity index (χ3v) is 4.45. The highest BCUT2D eigenvalue weighted by Gasteiger charge is 2.37. The topological polar surface area (TPSA) is 64.3 Å². The molecule has 0 bridgehead atoms. The monoisotopic (exact) mass is 286 g/mol. The number of nitriles is 1. The molecule has 1 aliphatic heterocycles. The van der Waals surface area contributed by atoms with E-state index in [-0.39, 0.29) is 11.8 Å². The molecule has 0 radical (unpaired) electrons. The van der Waals surface area contributed by atoms with Crippen molar-refractivity contribution in [3.05, 3.63) is 35.4 Å². The maximum Gasteiger partial charge on any atom is 0.232 e. The highest BCUT2D eigenvalue weighted by molar-refractivity contribution is 5.87. The number of hydrogen-bond donors (Lipinski definition) is 1. The number of aliphatic hydroxyl groups excluding tert-OH is 1. The quantitative estimate of drug-likeness (QED) is 0.905. The molecule has 0 spiro atoms. The number of nitrogens with zero attached hydrogens (tertiary/aromatic N) is 2. The first kappa shape index (κ1) is 15.5. The molecule has 2 rings (SSSR count). The molecule has 0 aliphatic carbocycles. The Balaban J connectivity index is 2.22. The second-order valence-electron chi connectivity index (χ2n) is 6.40. The number of piperidine rings is 1. The summed E-state index contributed by atoms with van der Waals surface area (Å²) in [5.41, 5.74) is 0.688. The molecule has 1 aliphatic rings. The van der Waals surface area contributed by atoms with Gasteiger partial charge in [0.25, 0.3) is 0 Å². The van der Waals surface area contributed by atoms with Crippen LogP contribution >= 0.6 is 0 Å². The van der Waals surface area contributed by atoms with E-state index in [2.05, 4.69) is 6.07 Å². The van der Waals surface area contributed by atoms with Crippen LogP contribution in [0.4, 0.5) is 0 Å². The minimum Gasteiger partial charge on any atom is -0.391 e. The first-order valence-corrected chi connectivity index (χ1v) is 7.34. The van der Waals surface area contributed by atoms with Crippen LogP contribution in [0.3, 0.4) is 0 Å². The molecule has 1 heterocycles. The number of rotatable bonds is 2. The number of benzene rings is 1. The fraction of sp³-hybridized carbons (Fsp3) is 0.529. The van der Waals surface area contributed by atoms with Gasteiger partial charge in [0, 0.05) is 13.1 Å². The molecule has 1 aromatic carbocycles. The molecule has 2 unspecified atom stereocenters. The summed E-state index contributed by atoms with van der Waals surface area (Å²) < 4.78 is 0. The van der Waals surface area contributed by atoms with Crippen LogP contribution in [0.25, 0.3) is 0 Å². The van der Waals surface area contributed by atoms with E-state index in [1.807, 2.05) is 26.8 Å². The van der Waals surface area contributed by atoms with Gasteiger partial charge in [-0.15, -0.1) is 0 Å². The Bertz CT molecular complexity index is 574. The smallest absolute Gasteiger partial charge is 0.232 e. The number of carbonyl (C=O) groups is 1. The first-order valence-electron chi connectivity index (χ1n) is 7.34. The molecule has 0 aromatic heterocycles. The number of amides is 1. The van der Waals surface area contributed by atoms with E-state index in [0.29, 0.717) is 18.7 Å². The number of β-amino-alcohol motifs (C(OH)–C–C–N with tert-alkyl or cyclic N) is 1. The Morgan fingerprint density at radius 2 is 2.19 bits per heavy atom. The van der Waals surface area contributed by atoms with Crippen molar-refractivity contribution in [2.24, 2.45) is 5.92 Å². The van der Waals surface area contributed by atoms with Crippen molar-refractivity contribution in [2.45, 2.75) is 38.7 Å². The minimum atomic E-state index is -0.701. The zero-order valence-corrected chi connectivity index (χ0v) is 12.8. The molecule has 1 amide bonds. The van der Waals surface area contributed by atoms with Crippen LogP contribution in [0.15, 0.2) is 24.3 Å². The van der Waals surface area contributed by atoms with E-state index >= 15 is 0 Å². The zero-order valence-electron chi connectivity index (χ0n) is 12.8. The summed E-state index contributed by atoms with van der Waals surface area (Å²) in [6.07, 6.45) is 0.366. The fourth-order valence-electron chi connectivity index (χ4n) is 2.73. The Hall–Kier alpha value is -1.86. The van der Waals surface area contributed by atoms with Gasteiger partial charge in [-0.05, 0) is 43.9 Å². The number of hydrogen-bond acceptors (Lipinski definition) is 3. The lowest BCUT2D eigenvalue weighted by molar-refractivity contribution is -0.140. The van der Waals surface area contributed by atoms with Crippen LogP contribution in [-0.4, -0.2) is 35.1 Å². The van der Waals surface area contributed by atoms with Crippen molar-refractivity contribution in [3.63, 3.8) is 0 Å². The Kier molecular flexibility index (Phi) is 4.34. The van der Waals surface area contributed by atoms with Crippen molar-refractivity contribution in [1.82, 2.24) is 4.90 Å². The third kappa shape index (κ3) is 3.08. The molecule has 2 atom stereocenters. The van der Waals surface area contributed by atoms with Gasteiger partial charge in [-0.25, -0.2) is 0 Å². The van der Waals surface area contributed by atoms with Crippen LogP contribution in [0, 0.1) is 17.2 Å². The molecule has 21 heavy (non-hydrogen) atoms. The number of aliphatic hydroxyl groups is 1. The summed E-state index contributed by atoms with van der Waals surface area (Å²) in [6, 6.07) is 9.28. The largest absolute Gasteiger partial charge is 0.391 e. The van der Waals surface area contributed by atoms with Crippen molar-refractivity contribution in [1.29, 1.82) is 5.26 Å². The van der Waals surface area contributed by atoms with Gasteiger partial charge in [-0.2, -0.15) is 5.26 Å². The molecule has 1 fully saturated rings. The van der Waals surface area contributed by atoms with E-state index in [1.165, 1.54) is 0 Å². The van der Waals surface area contributed by atoms with Gasteiger partial charge < -0.3 is 10.0 Å². The summed E-state index contributed by atoms with van der Waals surface area (Å²) in [6.45, 7) is 6.82. The van der Waals surface area contributed by atoms with Gasteiger partial charge in [0.15, 0.2) is 0 Å². The van der Waals surface area contributed by atoms with Crippen LogP contribution in [-0.2, 0) is 10.2 Å². The molecule has 112 valence electrons. The molecule has 1 saturated heterocycles. The van der Waals surface area contributed by atoms with E-state index in [0.717, 1.165) is 12.0 Å². The normalized spacial score (nSPS) is 22.7. The van der Waals surface area contributed by atoms with Crippen LogP contribution in [0.2, 0.25) is 0 Å². The predicted molar refractivity (Wildman–Crippen MR) is 80.6 cm³/mol. The van der Waals surface area contributed by atoms with Crippen molar-refractivity contribution < 1.29 is 9.90 Å². The SMILES string of the molecule is CC1CCN(C(=O)C(C)(C)c2cccc(C#N)c2)CC1O. The Morgan fingerprint density at radius 3 is 2.81 bits per heavy atom. The van der Waals surface area contributed by atoms with Crippen LogP contribution < -0.4 is 0 Å². The van der Waals surface area contributed by atoms with Gasteiger partial charge in [0.1, 0.15) is 0 Å². The molecule has 4 heteroatoms. The molecular weight excluding hydrogens is 264 g/mol. The van der Waals surface area contributed by atoms with E-state index in [1.54, 1.807) is 23.1 Å². The summed E-state index contributed by atoms with van der Waals surface area (Å²) in [7, 11) is 0. The highest BCUT2D eigenvalue weighted by atomic mass is 16.3. The second kappa shape index (κ2) is 5.87. The van der Waals surface area contributed by atoms with Gasteiger partial charge in [0.2, 0.25) is 5.91 Å². The van der Waals surface area contributed by atoms with E-state index in [4.69, 9.17) is 5.26 Å². The zero-order chi connectivity index (χ0) is 15.6. The van der Waals surface area contributed by atoms with Gasteiger partial charge >= 0.3 is 0 Å². The maximum absolute atomic E-state index is 12.8. The summed E-state index contributed by atoms with van der Waals surface area (Å²) in [5.74, 6) is 0.239. The number of carbonyl (C=O) groups excluding carboxylic acids is 1. The molecule has 1 aromatic rings. The average molecular weight is 286 g/mol. The lowest BCUT2D eigenvalue weighted by Gasteiger charge is -2.38. The highest BCUT2D eigenvalue weighted by Crippen LogP contribution is 2.28. The average Bonchev–Trinajstić information content (AvgIpc) is 2.49. The predicted octanol–water partition coefficient (Wildman–Crippen LogP) is 2.07. The molecular formula is C17H22N2O2. The van der Waals surface area contributed by atoms with Gasteiger partial charge in [-0.3, -0.25) is 4.79 Å². The fourth-order valence-corrected chi connectivity index (χ4v) is 2.73. The summed E-state index contributed by atoms with van der Waals surface area (Å²) in [5, 5.41) is 19.0. The summed E-state index contributed by atoms with van der Waals surface area (Å²) >= 11 is 0. The lowest BCUT2D eigenvalue weighted by Crippen LogP contribution is -2.51. The van der Waals surface area contributed by atoms with E-state index < -0.39 is 11.5 Å². The van der Waals surface area contributed by atoms with Crippen LogP contribution in [0.1, 0.15) is 38.3 Å². The van der Waals surface area contributed by atoms with Crippen LogP contribution in [0.5, 0.6) is 0 Å². The van der Waals surface area contributed by atoms with Crippen molar-refractivity contribution in [2.75, 3.05) is 13.1 Å². The molecule has 0 saturated carbocycles. The minimum absolute atomic E-state index is 0.00328. The lowest BCUT2D eigenvalue weighted by atomic mass is 9.81. The molecule has 1 N–H and O–H groups in total. The third-order valence-electron chi connectivity index (χ3n) is 4.45. The first-order chi connectivity index (χ1) is 9.86. The molecule has 4 nitrogen and oxygen atoms in total. The number of likely N-dealkylation sites (tertiary alicyclic amines) is 1. The summed E-state index contributed by atoms with van der Waals surface area (Å²) in [4.78, 5) is 14.5. The van der Waals surface area contributed by atoms with Crippen molar-refractivity contribution in [3.8, 4) is 6.07 Å². The van der Waals surface area contributed by atoms with Gasteiger partial charge in [-0.1, -0.05) is 19.1 Å². The second-order valence-corrected chi connectivity index (χ2v) is 6.40.